The fraction of sp³-hybridized carbons (Fsp3) is 0.143. The van der Waals surface area contributed by atoms with Gasteiger partial charge in [0.15, 0.2) is 0 Å². The fourth-order valence-electron chi connectivity index (χ4n) is 3.22. The zero-order valence-electron chi connectivity index (χ0n) is 15.9. The first-order chi connectivity index (χ1) is 13.9. The van der Waals surface area contributed by atoms with E-state index >= 15 is 0 Å². The molecule has 0 saturated carbocycles. The number of rotatable bonds is 4. The lowest BCUT2D eigenvalue weighted by molar-refractivity contribution is -0.117. The molecule has 1 N–H and O–H groups in total. The Labute approximate surface area is 171 Å². The number of carbonyl (C=O) groups is 1. The number of amides is 1. The number of benzene rings is 2. The second kappa shape index (κ2) is 7.52. The first-order valence-corrected chi connectivity index (χ1v) is 9.38. The van der Waals surface area contributed by atoms with E-state index in [1.165, 1.54) is 0 Å². The largest absolute Gasteiger partial charge is 0.324 e. The van der Waals surface area contributed by atoms with Gasteiger partial charge in [0.1, 0.15) is 12.1 Å². The van der Waals surface area contributed by atoms with Crippen LogP contribution in [0.25, 0.3) is 16.6 Å². The Kier molecular flexibility index (Phi) is 4.90. The van der Waals surface area contributed by atoms with Gasteiger partial charge in [-0.1, -0.05) is 35.9 Å². The van der Waals surface area contributed by atoms with Crippen molar-refractivity contribution in [1.29, 1.82) is 0 Å². The molecule has 146 valence electrons. The zero-order chi connectivity index (χ0) is 20.5. The number of fused-ring (bicyclic) bond motifs is 1. The molecule has 29 heavy (non-hydrogen) atoms. The molecule has 0 bridgehead atoms. The standard InChI is InChI=1S/C21H18ClN5O2/c1-13-6-3-4-9-18(13)27-20-17(11-23-27)14(2)25-26(21(20)29)12-19(28)24-16-8-5-7-15(22)10-16/h3-11H,12H2,1-2H3,(H,24,28). The quantitative estimate of drug-likeness (QED) is 0.561. The molecule has 2 aromatic carbocycles. The van der Waals surface area contributed by atoms with Crippen molar-refractivity contribution in [3.8, 4) is 5.69 Å². The van der Waals surface area contributed by atoms with Gasteiger partial charge in [-0.15, -0.1) is 0 Å². The molecule has 7 nitrogen and oxygen atoms in total. The number of halogens is 1. The molecule has 0 aliphatic rings. The van der Waals surface area contributed by atoms with Gasteiger partial charge in [0, 0.05) is 16.1 Å². The Bertz CT molecular complexity index is 1290. The topological polar surface area (TPSA) is 81.8 Å². The van der Waals surface area contributed by atoms with Gasteiger partial charge in [-0.3, -0.25) is 9.59 Å². The monoisotopic (exact) mass is 407 g/mol. The summed E-state index contributed by atoms with van der Waals surface area (Å²) in [5.41, 5.74) is 2.97. The first kappa shape index (κ1) is 18.9. The molecule has 0 aliphatic heterocycles. The SMILES string of the molecule is Cc1ccccc1-n1ncc2c(C)nn(CC(=O)Nc3cccc(Cl)c3)c(=O)c21. The highest BCUT2D eigenvalue weighted by Gasteiger charge is 2.17. The van der Waals surface area contributed by atoms with E-state index in [1.807, 2.05) is 31.2 Å². The molecule has 0 fully saturated rings. The summed E-state index contributed by atoms with van der Waals surface area (Å²) in [4.78, 5) is 25.6. The number of nitrogens with one attached hydrogen (secondary N) is 1. The van der Waals surface area contributed by atoms with E-state index in [-0.39, 0.29) is 18.0 Å². The van der Waals surface area contributed by atoms with Crippen LogP contribution >= 0.6 is 11.6 Å². The van der Waals surface area contributed by atoms with E-state index in [0.717, 1.165) is 15.9 Å². The van der Waals surface area contributed by atoms with Crippen molar-refractivity contribution in [2.24, 2.45) is 0 Å². The minimum absolute atomic E-state index is 0.221. The van der Waals surface area contributed by atoms with Gasteiger partial charge < -0.3 is 5.32 Å². The van der Waals surface area contributed by atoms with Crippen LogP contribution in [0.15, 0.2) is 59.5 Å². The van der Waals surface area contributed by atoms with E-state index in [9.17, 15) is 9.59 Å². The van der Waals surface area contributed by atoms with Crippen molar-refractivity contribution in [3.63, 3.8) is 0 Å². The van der Waals surface area contributed by atoms with Gasteiger partial charge in [-0.25, -0.2) is 9.36 Å². The Morgan fingerprint density at radius 3 is 2.69 bits per heavy atom. The highest BCUT2D eigenvalue weighted by molar-refractivity contribution is 6.30. The Morgan fingerprint density at radius 1 is 1.14 bits per heavy atom. The summed E-state index contributed by atoms with van der Waals surface area (Å²) in [5, 5.41) is 12.6. The lowest BCUT2D eigenvalue weighted by Gasteiger charge is -2.10. The minimum Gasteiger partial charge on any atom is -0.324 e. The number of anilines is 1. The molecular formula is C21H18ClN5O2. The van der Waals surface area contributed by atoms with Gasteiger partial charge >= 0.3 is 0 Å². The van der Waals surface area contributed by atoms with Crippen molar-refractivity contribution in [1.82, 2.24) is 19.6 Å². The molecule has 0 aliphatic carbocycles. The molecular weight excluding hydrogens is 390 g/mol. The van der Waals surface area contributed by atoms with Crippen LogP contribution in [0.3, 0.4) is 0 Å². The molecule has 1 amide bonds. The summed E-state index contributed by atoms with van der Waals surface area (Å²) in [7, 11) is 0. The Morgan fingerprint density at radius 2 is 1.93 bits per heavy atom. The second-order valence-corrected chi connectivity index (χ2v) is 7.15. The van der Waals surface area contributed by atoms with Gasteiger partial charge in [-0.05, 0) is 43.7 Å². The number of aryl methyl sites for hydroxylation is 2. The third-order valence-electron chi connectivity index (χ3n) is 4.61. The highest BCUT2D eigenvalue weighted by Crippen LogP contribution is 2.20. The number of carbonyl (C=O) groups excluding carboxylic acids is 1. The summed E-state index contributed by atoms with van der Waals surface area (Å²) in [6, 6.07) is 14.5. The van der Waals surface area contributed by atoms with Gasteiger partial charge in [0.25, 0.3) is 5.56 Å². The summed E-state index contributed by atoms with van der Waals surface area (Å²) in [5.74, 6) is -0.373. The Hall–Kier alpha value is -3.45. The second-order valence-electron chi connectivity index (χ2n) is 6.71. The lowest BCUT2D eigenvalue weighted by atomic mass is 10.2. The van der Waals surface area contributed by atoms with Crippen LogP contribution < -0.4 is 10.9 Å². The van der Waals surface area contributed by atoms with E-state index in [1.54, 1.807) is 42.1 Å². The molecule has 2 heterocycles. The smallest absolute Gasteiger partial charge is 0.293 e. The molecule has 0 radical (unpaired) electrons. The maximum atomic E-state index is 13.1. The van der Waals surface area contributed by atoms with Gasteiger partial charge in [-0.2, -0.15) is 10.2 Å². The van der Waals surface area contributed by atoms with E-state index < -0.39 is 0 Å². The third kappa shape index (κ3) is 3.64. The number of hydrogen-bond donors (Lipinski definition) is 1. The highest BCUT2D eigenvalue weighted by atomic mass is 35.5. The van der Waals surface area contributed by atoms with E-state index in [4.69, 9.17) is 11.6 Å². The molecule has 4 aromatic rings. The average molecular weight is 408 g/mol. The number of nitrogens with zero attached hydrogens (tertiary/aromatic N) is 4. The van der Waals surface area contributed by atoms with Crippen molar-refractivity contribution in [3.05, 3.63) is 81.4 Å². The minimum atomic E-state index is -0.382. The maximum absolute atomic E-state index is 13.1. The normalized spacial score (nSPS) is 11.0. The number of hydrogen-bond acceptors (Lipinski definition) is 4. The van der Waals surface area contributed by atoms with Crippen LogP contribution in [0, 0.1) is 13.8 Å². The summed E-state index contributed by atoms with van der Waals surface area (Å²) < 4.78 is 2.76. The average Bonchev–Trinajstić information content (AvgIpc) is 3.12. The summed E-state index contributed by atoms with van der Waals surface area (Å²) >= 11 is 5.95. The van der Waals surface area contributed by atoms with Crippen LogP contribution in [0.2, 0.25) is 5.02 Å². The van der Waals surface area contributed by atoms with Crippen LogP contribution in [-0.4, -0.2) is 25.5 Å². The molecule has 2 aromatic heterocycles. The fourth-order valence-corrected chi connectivity index (χ4v) is 3.41. The van der Waals surface area contributed by atoms with Crippen LogP contribution in [0.1, 0.15) is 11.3 Å². The summed E-state index contributed by atoms with van der Waals surface area (Å²) in [6.07, 6.45) is 1.63. The molecule has 4 rings (SSSR count). The van der Waals surface area contributed by atoms with Gasteiger partial charge in [0.05, 0.1) is 17.6 Å². The molecule has 0 spiro atoms. The van der Waals surface area contributed by atoms with E-state index in [0.29, 0.717) is 27.3 Å². The summed E-state index contributed by atoms with van der Waals surface area (Å²) in [6.45, 7) is 3.52. The van der Waals surface area contributed by atoms with Crippen LogP contribution in [-0.2, 0) is 11.3 Å². The zero-order valence-corrected chi connectivity index (χ0v) is 16.6. The van der Waals surface area contributed by atoms with Crippen molar-refractivity contribution >= 4 is 34.1 Å². The predicted octanol–water partition coefficient (Wildman–Crippen LogP) is 3.49. The van der Waals surface area contributed by atoms with Crippen molar-refractivity contribution in [2.45, 2.75) is 20.4 Å². The molecule has 8 heteroatoms. The third-order valence-corrected chi connectivity index (χ3v) is 4.85. The molecule has 0 unspecified atom stereocenters. The molecule has 0 atom stereocenters. The first-order valence-electron chi connectivity index (χ1n) is 9.01. The van der Waals surface area contributed by atoms with Crippen molar-refractivity contribution in [2.75, 3.05) is 5.32 Å². The van der Waals surface area contributed by atoms with Crippen LogP contribution in [0.5, 0.6) is 0 Å². The van der Waals surface area contributed by atoms with E-state index in [2.05, 4.69) is 15.5 Å². The number of para-hydroxylation sites is 1. The van der Waals surface area contributed by atoms with Crippen molar-refractivity contribution < 1.29 is 4.79 Å². The van der Waals surface area contributed by atoms with Gasteiger partial charge in [0.2, 0.25) is 5.91 Å². The predicted molar refractivity (Wildman–Crippen MR) is 113 cm³/mol. The molecule has 0 saturated heterocycles. The maximum Gasteiger partial charge on any atom is 0.293 e. The lowest BCUT2D eigenvalue weighted by Crippen LogP contribution is -2.31. The number of aromatic nitrogens is 4. The Balaban J connectivity index is 1.73. The van der Waals surface area contributed by atoms with Crippen LogP contribution in [0.4, 0.5) is 5.69 Å².